The van der Waals surface area contributed by atoms with Gasteiger partial charge < -0.3 is 15.5 Å². The Morgan fingerprint density at radius 2 is 2.00 bits per heavy atom. The van der Waals surface area contributed by atoms with E-state index < -0.39 is 0 Å². The molecule has 2 N–H and O–H groups in total. The molecule has 0 bridgehead atoms. The Balaban J connectivity index is 1.94. The van der Waals surface area contributed by atoms with Crippen molar-refractivity contribution < 1.29 is 9.59 Å². The van der Waals surface area contributed by atoms with Crippen LogP contribution in [0.4, 0.5) is 10.5 Å². The molecule has 1 aromatic heterocycles. The topological polar surface area (TPSA) is 74.3 Å². The predicted octanol–water partition coefficient (Wildman–Crippen LogP) is 2.11. The maximum atomic E-state index is 11.9. The third-order valence-electron chi connectivity index (χ3n) is 2.95. The summed E-state index contributed by atoms with van der Waals surface area (Å²) >= 11 is 0. The zero-order valence-electron chi connectivity index (χ0n) is 12.5. The first-order valence-corrected chi connectivity index (χ1v) is 6.82. The fourth-order valence-electron chi connectivity index (χ4n) is 1.85. The van der Waals surface area contributed by atoms with Crippen LogP contribution >= 0.6 is 0 Å². The number of hydrogen-bond acceptors (Lipinski definition) is 3. The molecule has 0 spiro atoms. The molecule has 0 aliphatic rings. The van der Waals surface area contributed by atoms with Crippen molar-refractivity contribution in [2.45, 2.75) is 6.54 Å². The molecule has 0 fully saturated rings. The normalized spacial score (nSPS) is 9.91. The van der Waals surface area contributed by atoms with E-state index in [1.807, 2.05) is 12.1 Å². The van der Waals surface area contributed by atoms with Gasteiger partial charge in [0.05, 0.1) is 0 Å². The van der Waals surface area contributed by atoms with Gasteiger partial charge in [0.2, 0.25) is 0 Å². The number of anilines is 1. The lowest BCUT2D eigenvalue weighted by Gasteiger charge is -2.12. The minimum atomic E-state index is -0.335. The first kappa shape index (κ1) is 15.5. The summed E-state index contributed by atoms with van der Waals surface area (Å²) in [6.07, 6.45) is 3.37. The lowest BCUT2D eigenvalue weighted by molar-refractivity contribution is 0.0827. The SMILES string of the molecule is CN(C)C(=O)c1cccc(NC(=O)NCc2cccnc2)c1. The molecular weight excluding hydrogens is 280 g/mol. The van der Waals surface area contributed by atoms with Crippen LogP contribution in [0.15, 0.2) is 48.8 Å². The number of pyridine rings is 1. The van der Waals surface area contributed by atoms with E-state index in [0.29, 0.717) is 17.8 Å². The number of benzene rings is 1. The highest BCUT2D eigenvalue weighted by Gasteiger charge is 2.09. The largest absolute Gasteiger partial charge is 0.345 e. The van der Waals surface area contributed by atoms with Gasteiger partial charge in [-0.3, -0.25) is 9.78 Å². The number of rotatable bonds is 4. The van der Waals surface area contributed by atoms with Gasteiger partial charge in [0, 0.05) is 44.3 Å². The van der Waals surface area contributed by atoms with Crippen molar-refractivity contribution in [1.29, 1.82) is 0 Å². The number of amides is 3. The maximum absolute atomic E-state index is 11.9. The summed E-state index contributed by atoms with van der Waals surface area (Å²) in [6, 6.07) is 10.2. The first-order valence-electron chi connectivity index (χ1n) is 6.82. The van der Waals surface area contributed by atoms with E-state index in [-0.39, 0.29) is 11.9 Å². The van der Waals surface area contributed by atoms with Crippen molar-refractivity contribution in [3.8, 4) is 0 Å². The number of nitrogens with one attached hydrogen (secondary N) is 2. The molecule has 6 heteroatoms. The summed E-state index contributed by atoms with van der Waals surface area (Å²) < 4.78 is 0. The average Bonchev–Trinajstić information content (AvgIpc) is 2.53. The molecule has 2 rings (SSSR count). The van der Waals surface area contributed by atoms with Gasteiger partial charge in [-0.05, 0) is 29.8 Å². The Morgan fingerprint density at radius 3 is 2.68 bits per heavy atom. The van der Waals surface area contributed by atoms with Crippen LogP contribution in [0.5, 0.6) is 0 Å². The van der Waals surface area contributed by atoms with Gasteiger partial charge in [0.1, 0.15) is 0 Å². The minimum Gasteiger partial charge on any atom is -0.345 e. The van der Waals surface area contributed by atoms with E-state index in [9.17, 15) is 9.59 Å². The van der Waals surface area contributed by atoms with Crippen molar-refractivity contribution in [1.82, 2.24) is 15.2 Å². The van der Waals surface area contributed by atoms with Gasteiger partial charge >= 0.3 is 6.03 Å². The standard InChI is InChI=1S/C16H18N4O2/c1-20(2)15(21)13-6-3-7-14(9-13)19-16(22)18-11-12-5-4-8-17-10-12/h3-10H,11H2,1-2H3,(H2,18,19,22). The summed E-state index contributed by atoms with van der Waals surface area (Å²) in [5.41, 5.74) is 2.00. The summed E-state index contributed by atoms with van der Waals surface area (Å²) in [4.78, 5) is 29.2. The molecular formula is C16H18N4O2. The number of aromatic nitrogens is 1. The van der Waals surface area contributed by atoms with Crippen LogP contribution in [0, 0.1) is 0 Å². The summed E-state index contributed by atoms with van der Waals surface area (Å²) in [6.45, 7) is 0.385. The molecule has 0 aliphatic carbocycles. The van der Waals surface area contributed by atoms with Crippen LogP contribution in [0.3, 0.4) is 0 Å². The van der Waals surface area contributed by atoms with Crippen molar-refractivity contribution in [2.75, 3.05) is 19.4 Å². The quantitative estimate of drug-likeness (QED) is 0.908. The number of hydrogen-bond donors (Lipinski definition) is 2. The second kappa shape index (κ2) is 7.21. The highest BCUT2D eigenvalue weighted by Crippen LogP contribution is 2.12. The molecule has 0 saturated heterocycles. The van der Waals surface area contributed by atoms with Crippen LogP contribution in [-0.4, -0.2) is 35.9 Å². The van der Waals surface area contributed by atoms with Gasteiger partial charge in [-0.25, -0.2) is 4.79 Å². The van der Waals surface area contributed by atoms with Crippen LogP contribution in [-0.2, 0) is 6.54 Å². The monoisotopic (exact) mass is 298 g/mol. The summed E-state index contributed by atoms with van der Waals surface area (Å²) in [5.74, 6) is -0.112. The van der Waals surface area contributed by atoms with Gasteiger partial charge in [0.15, 0.2) is 0 Å². The zero-order valence-corrected chi connectivity index (χ0v) is 12.5. The highest BCUT2D eigenvalue weighted by atomic mass is 16.2. The Labute approximate surface area is 129 Å². The van der Waals surface area contributed by atoms with E-state index >= 15 is 0 Å². The first-order chi connectivity index (χ1) is 10.6. The van der Waals surface area contributed by atoms with Crippen LogP contribution in [0.2, 0.25) is 0 Å². The predicted molar refractivity (Wildman–Crippen MR) is 84.6 cm³/mol. The van der Waals surface area contributed by atoms with Gasteiger partial charge in [0.25, 0.3) is 5.91 Å². The Bertz CT molecular complexity index is 656. The third-order valence-corrected chi connectivity index (χ3v) is 2.95. The Kier molecular flexibility index (Phi) is 5.08. The molecule has 1 heterocycles. The minimum absolute atomic E-state index is 0.112. The molecule has 3 amide bonds. The number of nitrogens with zero attached hydrogens (tertiary/aromatic N) is 2. The smallest absolute Gasteiger partial charge is 0.319 e. The average molecular weight is 298 g/mol. The fraction of sp³-hybridized carbons (Fsp3) is 0.188. The summed E-state index contributed by atoms with van der Waals surface area (Å²) in [5, 5.41) is 5.44. The van der Waals surface area contributed by atoms with Gasteiger partial charge in [-0.1, -0.05) is 12.1 Å². The van der Waals surface area contributed by atoms with E-state index in [2.05, 4.69) is 15.6 Å². The molecule has 6 nitrogen and oxygen atoms in total. The van der Waals surface area contributed by atoms with Gasteiger partial charge in [-0.15, -0.1) is 0 Å². The molecule has 2 aromatic rings. The van der Waals surface area contributed by atoms with E-state index in [1.165, 1.54) is 4.90 Å². The maximum Gasteiger partial charge on any atom is 0.319 e. The number of urea groups is 1. The third kappa shape index (κ3) is 4.31. The van der Waals surface area contributed by atoms with Crippen LogP contribution in [0.1, 0.15) is 15.9 Å². The van der Waals surface area contributed by atoms with E-state index in [0.717, 1.165) is 5.56 Å². The van der Waals surface area contributed by atoms with Gasteiger partial charge in [-0.2, -0.15) is 0 Å². The Morgan fingerprint density at radius 1 is 1.18 bits per heavy atom. The lowest BCUT2D eigenvalue weighted by Crippen LogP contribution is -2.28. The van der Waals surface area contributed by atoms with Crippen LogP contribution in [0.25, 0.3) is 0 Å². The molecule has 0 aliphatic heterocycles. The molecule has 0 atom stereocenters. The molecule has 0 unspecified atom stereocenters. The number of carbonyl (C=O) groups is 2. The second-order valence-corrected chi connectivity index (χ2v) is 4.95. The molecule has 0 saturated carbocycles. The molecule has 0 radical (unpaired) electrons. The highest BCUT2D eigenvalue weighted by molar-refractivity contribution is 5.96. The van der Waals surface area contributed by atoms with E-state index in [4.69, 9.17) is 0 Å². The lowest BCUT2D eigenvalue weighted by atomic mass is 10.2. The van der Waals surface area contributed by atoms with Crippen molar-refractivity contribution in [3.63, 3.8) is 0 Å². The van der Waals surface area contributed by atoms with Crippen molar-refractivity contribution in [3.05, 3.63) is 59.9 Å². The molecule has 22 heavy (non-hydrogen) atoms. The number of carbonyl (C=O) groups excluding carboxylic acids is 2. The van der Waals surface area contributed by atoms with E-state index in [1.54, 1.807) is 50.8 Å². The summed E-state index contributed by atoms with van der Waals surface area (Å²) in [7, 11) is 3.37. The molecule has 114 valence electrons. The second-order valence-electron chi connectivity index (χ2n) is 4.95. The van der Waals surface area contributed by atoms with Crippen LogP contribution < -0.4 is 10.6 Å². The van der Waals surface area contributed by atoms with Crippen molar-refractivity contribution in [2.24, 2.45) is 0 Å². The molecule has 1 aromatic carbocycles. The zero-order chi connectivity index (χ0) is 15.9. The fourth-order valence-corrected chi connectivity index (χ4v) is 1.85. The Hall–Kier alpha value is -2.89. The van der Waals surface area contributed by atoms with Crippen molar-refractivity contribution >= 4 is 17.6 Å².